The van der Waals surface area contributed by atoms with Gasteiger partial charge in [0, 0.05) is 29.5 Å². The Morgan fingerprint density at radius 1 is 1.14 bits per heavy atom. The van der Waals surface area contributed by atoms with Crippen molar-refractivity contribution in [1.29, 1.82) is 0 Å². The molecule has 2 rings (SSSR count). The second kappa shape index (κ2) is 6.37. The first kappa shape index (κ1) is 15.0. The van der Waals surface area contributed by atoms with Gasteiger partial charge < -0.3 is 14.5 Å². The molecule has 1 heterocycles. The number of hydrogen-bond donors (Lipinski definition) is 1. The van der Waals surface area contributed by atoms with Gasteiger partial charge in [0.05, 0.1) is 13.7 Å². The number of esters is 1. The lowest BCUT2D eigenvalue weighted by molar-refractivity contribution is 0.0589. The lowest BCUT2D eigenvalue weighted by Crippen LogP contribution is -2.09. The molecule has 5 nitrogen and oxygen atoms in total. The molecule has 0 amide bonds. The molecule has 0 radical (unpaired) electrons. The number of aromatic amines is 1. The number of aryl methyl sites for hydroxylation is 1. The van der Waals surface area contributed by atoms with Crippen LogP contribution in [0.4, 0.5) is 0 Å². The van der Waals surface area contributed by atoms with E-state index in [9.17, 15) is 9.59 Å². The van der Waals surface area contributed by atoms with Crippen LogP contribution in [0.3, 0.4) is 0 Å². The molecule has 0 spiro atoms. The van der Waals surface area contributed by atoms with Gasteiger partial charge in [0.25, 0.3) is 0 Å². The number of methoxy groups -OCH3 is 2. The van der Waals surface area contributed by atoms with Gasteiger partial charge in [-0.05, 0) is 6.92 Å². The van der Waals surface area contributed by atoms with E-state index in [1.165, 1.54) is 14.2 Å². The molecule has 1 aromatic carbocycles. The van der Waals surface area contributed by atoms with E-state index in [-0.39, 0.29) is 18.1 Å². The number of carbonyl (C=O) groups is 2. The molecule has 110 valence electrons. The van der Waals surface area contributed by atoms with Crippen molar-refractivity contribution in [3.05, 3.63) is 58.4 Å². The van der Waals surface area contributed by atoms with Crippen LogP contribution < -0.4 is 0 Å². The monoisotopic (exact) mass is 287 g/mol. The van der Waals surface area contributed by atoms with E-state index < -0.39 is 5.97 Å². The summed E-state index contributed by atoms with van der Waals surface area (Å²) >= 11 is 0. The van der Waals surface area contributed by atoms with Crippen LogP contribution in [0.2, 0.25) is 0 Å². The quantitative estimate of drug-likeness (QED) is 0.677. The molecule has 0 aliphatic rings. The van der Waals surface area contributed by atoms with Crippen molar-refractivity contribution in [3.63, 3.8) is 0 Å². The maximum Gasteiger partial charge on any atom is 0.354 e. The molecule has 1 aromatic heterocycles. The van der Waals surface area contributed by atoms with Crippen LogP contribution in [0, 0.1) is 6.92 Å². The average Bonchev–Trinajstić information content (AvgIpc) is 2.83. The third-order valence-electron chi connectivity index (χ3n) is 3.23. The van der Waals surface area contributed by atoms with Gasteiger partial charge >= 0.3 is 5.97 Å². The number of nitrogens with one attached hydrogen (secondary N) is 1. The van der Waals surface area contributed by atoms with Crippen molar-refractivity contribution in [3.8, 4) is 0 Å². The molecular weight excluding hydrogens is 270 g/mol. The molecule has 0 bridgehead atoms. The van der Waals surface area contributed by atoms with Crippen molar-refractivity contribution in [1.82, 2.24) is 4.98 Å². The minimum Gasteiger partial charge on any atom is -0.464 e. The van der Waals surface area contributed by atoms with Crippen molar-refractivity contribution < 1.29 is 19.1 Å². The molecule has 1 N–H and O–H groups in total. The summed E-state index contributed by atoms with van der Waals surface area (Å²) in [6, 6.07) is 8.92. The van der Waals surface area contributed by atoms with Crippen LogP contribution in [-0.4, -0.2) is 31.0 Å². The first-order valence-electron chi connectivity index (χ1n) is 6.48. The number of benzene rings is 1. The minimum absolute atomic E-state index is 0.147. The van der Waals surface area contributed by atoms with Gasteiger partial charge in [-0.15, -0.1) is 0 Å². The lowest BCUT2D eigenvalue weighted by atomic mass is 9.99. The van der Waals surface area contributed by atoms with E-state index in [1.807, 2.05) is 6.07 Å². The Labute approximate surface area is 122 Å². The predicted molar refractivity (Wildman–Crippen MR) is 77.5 cm³/mol. The fourth-order valence-electron chi connectivity index (χ4n) is 2.28. The summed E-state index contributed by atoms with van der Waals surface area (Å²) in [4.78, 5) is 27.4. The summed E-state index contributed by atoms with van der Waals surface area (Å²) < 4.78 is 9.86. The van der Waals surface area contributed by atoms with Crippen LogP contribution in [0.1, 0.15) is 37.7 Å². The molecule has 0 atom stereocenters. The molecule has 5 heteroatoms. The van der Waals surface area contributed by atoms with Crippen LogP contribution in [0.15, 0.2) is 30.3 Å². The van der Waals surface area contributed by atoms with Crippen molar-refractivity contribution in [2.45, 2.75) is 13.5 Å². The zero-order chi connectivity index (χ0) is 15.4. The van der Waals surface area contributed by atoms with Gasteiger partial charge in [-0.25, -0.2) is 4.79 Å². The highest BCUT2D eigenvalue weighted by Gasteiger charge is 2.25. The van der Waals surface area contributed by atoms with E-state index in [2.05, 4.69) is 4.98 Å². The first-order valence-corrected chi connectivity index (χ1v) is 6.48. The molecular formula is C16H17NO4. The maximum atomic E-state index is 12.7. The van der Waals surface area contributed by atoms with Gasteiger partial charge in [-0.3, -0.25) is 4.79 Å². The molecule has 0 saturated carbocycles. The molecule has 0 aliphatic carbocycles. The highest BCUT2D eigenvalue weighted by molar-refractivity contribution is 6.12. The zero-order valence-electron chi connectivity index (χ0n) is 12.2. The standard InChI is InChI=1S/C16H17NO4/c1-10-13(15(18)11-7-5-4-6-8-11)12(9-20-2)14(17-10)16(19)21-3/h4-8,17H,9H2,1-3H3. The minimum atomic E-state index is -0.516. The van der Waals surface area contributed by atoms with E-state index >= 15 is 0 Å². The summed E-state index contributed by atoms with van der Waals surface area (Å²) in [6.45, 7) is 1.91. The fraction of sp³-hybridized carbons (Fsp3) is 0.250. The highest BCUT2D eigenvalue weighted by atomic mass is 16.5. The number of hydrogen-bond acceptors (Lipinski definition) is 4. The Hall–Kier alpha value is -2.40. The second-order valence-corrected chi connectivity index (χ2v) is 4.60. The zero-order valence-corrected chi connectivity index (χ0v) is 12.2. The van der Waals surface area contributed by atoms with E-state index in [4.69, 9.17) is 9.47 Å². The van der Waals surface area contributed by atoms with Crippen LogP contribution >= 0.6 is 0 Å². The summed E-state index contributed by atoms with van der Waals surface area (Å²) in [5.74, 6) is -0.663. The Bertz CT molecular complexity index is 658. The molecule has 0 unspecified atom stereocenters. The first-order chi connectivity index (χ1) is 10.1. The van der Waals surface area contributed by atoms with Gasteiger partial charge in [0.1, 0.15) is 5.69 Å². The Morgan fingerprint density at radius 2 is 1.81 bits per heavy atom. The van der Waals surface area contributed by atoms with Crippen LogP contribution in [0.5, 0.6) is 0 Å². The number of carbonyl (C=O) groups excluding carboxylic acids is 2. The molecule has 0 fully saturated rings. The van der Waals surface area contributed by atoms with Crippen molar-refractivity contribution >= 4 is 11.8 Å². The summed E-state index contributed by atoms with van der Waals surface area (Å²) in [5.41, 5.74) is 2.43. The SMILES string of the molecule is COCc1c(C(=O)OC)[nH]c(C)c1C(=O)c1ccccc1. The Balaban J connectivity index is 2.55. The third kappa shape index (κ3) is 2.87. The topological polar surface area (TPSA) is 68.4 Å². The van der Waals surface area contributed by atoms with E-state index in [1.54, 1.807) is 31.2 Å². The van der Waals surface area contributed by atoms with Crippen molar-refractivity contribution in [2.75, 3.05) is 14.2 Å². The molecule has 0 saturated heterocycles. The summed E-state index contributed by atoms with van der Waals surface area (Å²) in [6.07, 6.45) is 0. The van der Waals surface area contributed by atoms with Gasteiger partial charge in [-0.2, -0.15) is 0 Å². The van der Waals surface area contributed by atoms with Gasteiger partial charge in [-0.1, -0.05) is 30.3 Å². The number of H-pyrrole nitrogens is 1. The number of aromatic nitrogens is 1. The smallest absolute Gasteiger partial charge is 0.354 e. The Kier molecular flexibility index (Phi) is 4.55. The normalized spacial score (nSPS) is 10.4. The number of ketones is 1. The predicted octanol–water partition coefficient (Wildman–Crippen LogP) is 2.49. The second-order valence-electron chi connectivity index (χ2n) is 4.60. The van der Waals surface area contributed by atoms with Gasteiger partial charge in [0.2, 0.25) is 0 Å². The lowest BCUT2D eigenvalue weighted by Gasteiger charge is -2.06. The number of rotatable bonds is 5. The largest absolute Gasteiger partial charge is 0.464 e. The van der Waals surface area contributed by atoms with Gasteiger partial charge in [0.15, 0.2) is 5.78 Å². The van der Waals surface area contributed by atoms with E-state index in [0.29, 0.717) is 22.4 Å². The molecule has 0 aliphatic heterocycles. The van der Waals surface area contributed by atoms with Crippen LogP contribution in [-0.2, 0) is 16.1 Å². The molecule has 2 aromatic rings. The summed E-state index contributed by atoms with van der Waals surface area (Å²) in [5, 5.41) is 0. The fourth-order valence-corrected chi connectivity index (χ4v) is 2.28. The Morgan fingerprint density at radius 3 is 2.38 bits per heavy atom. The molecule has 21 heavy (non-hydrogen) atoms. The van der Waals surface area contributed by atoms with Crippen molar-refractivity contribution in [2.24, 2.45) is 0 Å². The maximum absolute atomic E-state index is 12.7. The number of ether oxygens (including phenoxy) is 2. The highest BCUT2D eigenvalue weighted by Crippen LogP contribution is 2.23. The van der Waals surface area contributed by atoms with E-state index in [0.717, 1.165) is 0 Å². The third-order valence-corrected chi connectivity index (χ3v) is 3.23. The average molecular weight is 287 g/mol. The van der Waals surface area contributed by atoms with Crippen LogP contribution in [0.25, 0.3) is 0 Å². The summed E-state index contributed by atoms with van der Waals surface area (Å²) in [7, 11) is 2.81.